The molecule has 6 heteroatoms. The fraction of sp³-hybridized carbons (Fsp3) is 0.750. The Kier molecular flexibility index (Phi) is 8.56. The summed E-state index contributed by atoms with van der Waals surface area (Å²) in [6.45, 7) is 13.9. The van der Waals surface area contributed by atoms with Crippen LogP contribution >= 0.6 is 23.4 Å². The zero-order valence-electron chi connectivity index (χ0n) is 19.0. The van der Waals surface area contributed by atoms with Gasteiger partial charge in [0, 0.05) is 15.8 Å². The van der Waals surface area contributed by atoms with Crippen molar-refractivity contribution in [2.45, 2.75) is 70.4 Å². The van der Waals surface area contributed by atoms with Crippen LogP contribution in [-0.4, -0.2) is 42.3 Å². The van der Waals surface area contributed by atoms with Crippen LogP contribution in [0, 0.1) is 35.5 Å². The number of hydrogen-bond acceptors (Lipinski definition) is 5. The van der Waals surface area contributed by atoms with Gasteiger partial charge in [-0.05, 0) is 53.9 Å². The minimum absolute atomic E-state index is 0.0130. The van der Waals surface area contributed by atoms with Crippen LogP contribution in [0.3, 0.4) is 0 Å². The van der Waals surface area contributed by atoms with E-state index in [1.165, 1.54) is 0 Å². The number of aliphatic hydroxyl groups excluding tert-OH is 1. The van der Waals surface area contributed by atoms with Gasteiger partial charge in [0.25, 0.3) is 0 Å². The number of rotatable bonds is 6. The minimum atomic E-state index is -0.304. The number of ether oxygens (including phenoxy) is 3. The van der Waals surface area contributed by atoms with Crippen molar-refractivity contribution in [3.63, 3.8) is 0 Å². The van der Waals surface area contributed by atoms with Crippen molar-refractivity contribution in [1.82, 2.24) is 0 Å². The SMILES string of the molecule is CC1[C@H](OCC2O[C@@H](Sc3ccc(Cl)cc3)C(C)[C@@H](C)[C@@H]2C)OC(CO)[C@@H](C)[C@@H]1C. The predicted octanol–water partition coefficient (Wildman–Crippen LogP) is 5.71. The molecule has 3 rings (SSSR count). The molecule has 0 saturated carbocycles. The van der Waals surface area contributed by atoms with E-state index >= 15 is 0 Å². The van der Waals surface area contributed by atoms with E-state index in [2.05, 4.69) is 41.5 Å². The highest BCUT2D eigenvalue weighted by atomic mass is 35.5. The van der Waals surface area contributed by atoms with Crippen LogP contribution in [0.25, 0.3) is 0 Å². The average molecular weight is 457 g/mol. The maximum Gasteiger partial charge on any atom is 0.160 e. The molecule has 2 fully saturated rings. The van der Waals surface area contributed by atoms with Crippen LogP contribution in [0.1, 0.15) is 41.5 Å². The lowest BCUT2D eigenvalue weighted by Crippen LogP contribution is -2.50. The number of thioether (sulfide) groups is 1. The van der Waals surface area contributed by atoms with Gasteiger partial charge in [-0.25, -0.2) is 0 Å². The molecule has 4 unspecified atom stereocenters. The Balaban J connectivity index is 1.63. The Morgan fingerprint density at radius 2 is 1.43 bits per heavy atom. The van der Waals surface area contributed by atoms with Crippen molar-refractivity contribution in [3.05, 3.63) is 29.3 Å². The number of aliphatic hydroxyl groups is 1. The monoisotopic (exact) mass is 456 g/mol. The minimum Gasteiger partial charge on any atom is -0.394 e. The van der Waals surface area contributed by atoms with Crippen molar-refractivity contribution in [3.8, 4) is 0 Å². The highest BCUT2D eigenvalue weighted by molar-refractivity contribution is 7.99. The van der Waals surface area contributed by atoms with Crippen LogP contribution in [0.4, 0.5) is 0 Å². The summed E-state index contributed by atoms with van der Waals surface area (Å²) in [7, 11) is 0. The third-order valence-corrected chi connectivity index (χ3v) is 9.21. The molecule has 0 aromatic heterocycles. The lowest BCUT2D eigenvalue weighted by molar-refractivity contribution is -0.267. The van der Waals surface area contributed by atoms with E-state index in [9.17, 15) is 5.11 Å². The van der Waals surface area contributed by atoms with Crippen molar-refractivity contribution in [2.75, 3.05) is 13.2 Å². The molecule has 0 aliphatic carbocycles. The van der Waals surface area contributed by atoms with Gasteiger partial charge in [0.2, 0.25) is 0 Å². The maximum atomic E-state index is 9.68. The third-order valence-electron chi connectivity index (χ3n) is 7.64. The summed E-state index contributed by atoms with van der Waals surface area (Å²) in [6, 6.07) is 7.94. The fourth-order valence-corrected chi connectivity index (χ4v) is 5.88. The van der Waals surface area contributed by atoms with E-state index in [0.717, 1.165) is 9.92 Å². The molecule has 2 heterocycles. The van der Waals surface area contributed by atoms with Gasteiger partial charge in [0.1, 0.15) is 5.44 Å². The molecular weight excluding hydrogens is 420 g/mol. The smallest absolute Gasteiger partial charge is 0.160 e. The number of benzene rings is 1. The van der Waals surface area contributed by atoms with Gasteiger partial charge in [-0.15, -0.1) is 0 Å². The Hall–Kier alpha value is -0.300. The quantitative estimate of drug-likeness (QED) is 0.594. The van der Waals surface area contributed by atoms with Crippen molar-refractivity contribution in [1.29, 1.82) is 0 Å². The van der Waals surface area contributed by atoms with Gasteiger partial charge < -0.3 is 19.3 Å². The van der Waals surface area contributed by atoms with E-state index in [4.69, 9.17) is 25.8 Å². The number of halogens is 1. The molecule has 0 radical (unpaired) electrons. The second-order valence-corrected chi connectivity index (χ2v) is 10.9. The summed E-state index contributed by atoms with van der Waals surface area (Å²) in [6.07, 6.45) is -0.460. The first-order valence-electron chi connectivity index (χ1n) is 11.2. The first-order chi connectivity index (χ1) is 14.2. The molecule has 4 nitrogen and oxygen atoms in total. The summed E-state index contributed by atoms with van der Waals surface area (Å²) in [4.78, 5) is 1.16. The first kappa shape index (κ1) is 24.3. The molecular formula is C24H37ClO4S. The Bertz CT molecular complexity index is 670. The normalized spacial score (nSPS) is 42.3. The van der Waals surface area contributed by atoms with Crippen LogP contribution < -0.4 is 0 Å². The van der Waals surface area contributed by atoms with E-state index in [0.29, 0.717) is 36.2 Å². The molecule has 170 valence electrons. The molecule has 2 aliphatic heterocycles. The van der Waals surface area contributed by atoms with Gasteiger partial charge in [-0.2, -0.15) is 0 Å². The zero-order chi connectivity index (χ0) is 22.0. The van der Waals surface area contributed by atoms with E-state index in [-0.39, 0.29) is 36.5 Å². The van der Waals surface area contributed by atoms with Crippen LogP contribution in [0.5, 0.6) is 0 Å². The lowest BCUT2D eigenvalue weighted by Gasteiger charge is -2.46. The first-order valence-corrected chi connectivity index (χ1v) is 12.4. The van der Waals surface area contributed by atoms with Crippen molar-refractivity contribution >= 4 is 23.4 Å². The van der Waals surface area contributed by atoms with Gasteiger partial charge in [0.15, 0.2) is 6.29 Å². The Morgan fingerprint density at radius 3 is 2.07 bits per heavy atom. The van der Waals surface area contributed by atoms with Crippen LogP contribution in [0.15, 0.2) is 29.2 Å². The fourth-order valence-electron chi connectivity index (χ4n) is 4.53. The van der Waals surface area contributed by atoms with E-state index in [1.54, 1.807) is 11.8 Å². The molecule has 10 atom stereocenters. The van der Waals surface area contributed by atoms with Gasteiger partial charge in [-0.3, -0.25) is 0 Å². The van der Waals surface area contributed by atoms with Crippen molar-refractivity contribution < 1.29 is 19.3 Å². The Morgan fingerprint density at radius 1 is 0.833 bits per heavy atom. The highest BCUT2D eigenvalue weighted by Gasteiger charge is 2.42. The summed E-state index contributed by atoms with van der Waals surface area (Å²) >= 11 is 7.79. The average Bonchev–Trinajstić information content (AvgIpc) is 2.74. The highest BCUT2D eigenvalue weighted by Crippen LogP contribution is 2.43. The van der Waals surface area contributed by atoms with Crippen LogP contribution in [-0.2, 0) is 14.2 Å². The molecule has 2 saturated heterocycles. The van der Waals surface area contributed by atoms with E-state index in [1.807, 2.05) is 24.3 Å². The molecule has 0 bridgehead atoms. The van der Waals surface area contributed by atoms with E-state index < -0.39 is 0 Å². The molecule has 0 amide bonds. The van der Waals surface area contributed by atoms with Crippen molar-refractivity contribution in [2.24, 2.45) is 35.5 Å². The second-order valence-electron chi connectivity index (χ2n) is 9.33. The molecule has 30 heavy (non-hydrogen) atoms. The second kappa shape index (κ2) is 10.5. The zero-order valence-corrected chi connectivity index (χ0v) is 20.5. The summed E-state index contributed by atoms with van der Waals surface area (Å²) in [5.74, 6) is 2.36. The van der Waals surface area contributed by atoms with Gasteiger partial charge in [0.05, 0.1) is 25.4 Å². The topological polar surface area (TPSA) is 47.9 Å². The van der Waals surface area contributed by atoms with Gasteiger partial charge in [-0.1, -0.05) is 64.9 Å². The summed E-state index contributed by atoms with van der Waals surface area (Å²) in [5.41, 5.74) is 0.0693. The van der Waals surface area contributed by atoms with Gasteiger partial charge >= 0.3 is 0 Å². The molecule has 1 aromatic carbocycles. The lowest BCUT2D eigenvalue weighted by atomic mass is 9.79. The number of hydrogen-bond donors (Lipinski definition) is 1. The molecule has 1 aromatic rings. The molecule has 1 N–H and O–H groups in total. The van der Waals surface area contributed by atoms with Crippen LogP contribution in [0.2, 0.25) is 5.02 Å². The largest absolute Gasteiger partial charge is 0.394 e. The standard InChI is InChI=1S/C24H37ClO4S/c1-13-15(3)21(11-26)28-23(17(13)5)27-12-22-16(4)14(2)18(6)24(29-22)30-20-9-7-19(25)8-10-20/h7-10,13-18,21-24,26H,11-12H2,1-6H3/t13-,14-,15-,16-,17?,18?,21?,22?,23+,24-/m0/s1. The Labute approximate surface area is 191 Å². The molecule has 2 aliphatic rings. The summed E-state index contributed by atoms with van der Waals surface area (Å²) in [5, 5.41) is 10.4. The summed E-state index contributed by atoms with van der Waals surface area (Å²) < 4.78 is 18.9. The maximum absolute atomic E-state index is 9.68. The predicted molar refractivity (Wildman–Crippen MR) is 123 cm³/mol. The molecule has 0 spiro atoms. The third kappa shape index (κ3) is 5.36.